The van der Waals surface area contributed by atoms with Gasteiger partial charge in [-0.1, -0.05) is 45.0 Å². The van der Waals surface area contributed by atoms with Crippen LogP contribution in [0.3, 0.4) is 0 Å². The summed E-state index contributed by atoms with van der Waals surface area (Å²) in [6, 6.07) is 6.87. The van der Waals surface area contributed by atoms with Crippen LogP contribution in [0.1, 0.15) is 51.5 Å². The first-order valence-corrected chi connectivity index (χ1v) is 9.33. The van der Waals surface area contributed by atoms with E-state index in [-0.39, 0.29) is 0 Å². The second-order valence-corrected chi connectivity index (χ2v) is 7.68. The molecular weight excluding hydrogens is 296 g/mol. The number of thiocarbonyl (C=S) groups is 1. The van der Waals surface area contributed by atoms with E-state index in [4.69, 9.17) is 18.0 Å². The topological polar surface area (TPSA) is 38.0 Å². The Balaban J connectivity index is 2.18. The van der Waals surface area contributed by atoms with E-state index in [1.54, 1.807) is 11.8 Å². The van der Waals surface area contributed by atoms with E-state index in [1.807, 2.05) is 0 Å². The second kappa shape index (κ2) is 8.04. The SMILES string of the molecule is CCSc1cccc(NC2CCCC(C)CC2)c1C(N)=S. The van der Waals surface area contributed by atoms with Crippen LogP contribution in [0.15, 0.2) is 23.1 Å². The number of hydrogen-bond donors (Lipinski definition) is 2. The van der Waals surface area contributed by atoms with E-state index in [9.17, 15) is 0 Å². The van der Waals surface area contributed by atoms with Crippen LogP contribution in [0.25, 0.3) is 0 Å². The number of nitrogens with two attached hydrogens (primary N) is 1. The van der Waals surface area contributed by atoms with Gasteiger partial charge in [0, 0.05) is 22.2 Å². The number of nitrogens with one attached hydrogen (secondary N) is 1. The third-order valence-electron chi connectivity index (χ3n) is 4.19. The molecule has 116 valence electrons. The van der Waals surface area contributed by atoms with Crippen LogP contribution in [0, 0.1) is 5.92 Å². The van der Waals surface area contributed by atoms with Crippen LogP contribution in [-0.2, 0) is 0 Å². The molecule has 2 rings (SSSR count). The normalized spacial score (nSPS) is 22.6. The van der Waals surface area contributed by atoms with E-state index in [0.29, 0.717) is 11.0 Å². The summed E-state index contributed by atoms with van der Waals surface area (Å²) in [6.45, 7) is 4.52. The molecule has 1 aliphatic carbocycles. The fourth-order valence-electron chi connectivity index (χ4n) is 3.03. The third kappa shape index (κ3) is 4.62. The number of hydrogen-bond acceptors (Lipinski definition) is 3. The van der Waals surface area contributed by atoms with Gasteiger partial charge in [-0.2, -0.15) is 0 Å². The monoisotopic (exact) mass is 322 g/mol. The third-order valence-corrected chi connectivity index (χ3v) is 5.33. The van der Waals surface area contributed by atoms with Gasteiger partial charge < -0.3 is 11.1 Å². The maximum atomic E-state index is 5.98. The summed E-state index contributed by atoms with van der Waals surface area (Å²) >= 11 is 7.09. The van der Waals surface area contributed by atoms with E-state index in [1.165, 1.54) is 37.0 Å². The molecule has 4 heteroatoms. The number of benzene rings is 1. The predicted octanol–water partition coefficient (Wildman–Crippen LogP) is 4.81. The average molecular weight is 323 g/mol. The van der Waals surface area contributed by atoms with E-state index in [2.05, 4.69) is 37.4 Å². The molecule has 1 saturated carbocycles. The van der Waals surface area contributed by atoms with Crippen LogP contribution in [0.5, 0.6) is 0 Å². The van der Waals surface area contributed by atoms with Crippen molar-refractivity contribution in [2.75, 3.05) is 11.1 Å². The highest BCUT2D eigenvalue weighted by atomic mass is 32.2. The van der Waals surface area contributed by atoms with Gasteiger partial charge in [-0.15, -0.1) is 11.8 Å². The molecule has 1 aromatic rings. The molecule has 0 amide bonds. The molecule has 2 nitrogen and oxygen atoms in total. The van der Waals surface area contributed by atoms with Crippen molar-refractivity contribution in [1.82, 2.24) is 0 Å². The maximum Gasteiger partial charge on any atom is 0.107 e. The molecular formula is C17H26N2S2. The Morgan fingerprint density at radius 1 is 1.33 bits per heavy atom. The van der Waals surface area contributed by atoms with Crippen molar-refractivity contribution in [3.63, 3.8) is 0 Å². The average Bonchev–Trinajstić information content (AvgIpc) is 2.64. The Kier molecular flexibility index (Phi) is 6.37. The second-order valence-electron chi connectivity index (χ2n) is 5.93. The minimum absolute atomic E-state index is 0.496. The van der Waals surface area contributed by atoms with Crippen LogP contribution in [-0.4, -0.2) is 16.8 Å². The quantitative estimate of drug-likeness (QED) is 0.463. The first kappa shape index (κ1) is 16.6. The lowest BCUT2D eigenvalue weighted by atomic mass is 10.0. The van der Waals surface area contributed by atoms with Gasteiger partial charge in [-0.05, 0) is 43.1 Å². The van der Waals surface area contributed by atoms with Crippen molar-refractivity contribution in [3.8, 4) is 0 Å². The molecule has 0 aromatic heterocycles. The maximum absolute atomic E-state index is 5.98. The molecule has 1 aliphatic rings. The zero-order chi connectivity index (χ0) is 15.2. The molecule has 0 aliphatic heterocycles. The Morgan fingerprint density at radius 2 is 2.14 bits per heavy atom. The molecule has 2 atom stereocenters. The number of thioether (sulfide) groups is 1. The summed E-state index contributed by atoms with van der Waals surface area (Å²) in [5, 5.41) is 3.71. The van der Waals surface area contributed by atoms with Crippen molar-refractivity contribution < 1.29 is 0 Å². The lowest BCUT2D eigenvalue weighted by molar-refractivity contribution is 0.502. The summed E-state index contributed by atoms with van der Waals surface area (Å²) in [6.07, 6.45) is 6.45. The zero-order valence-corrected chi connectivity index (χ0v) is 14.7. The van der Waals surface area contributed by atoms with Crippen LogP contribution in [0.2, 0.25) is 0 Å². The summed E-state index contributed by atoms with van der Waals surface area (Å²) in [5.74, 6) is 1.88. The fraction of sp³-hybridized carbons (Fsp3) is 0.588. The highest BCUT2D eigenvalue weighted by molar-refractivity contribution is 7.99. The molecule has 0 bridgehead atoms. The smallest absolute Gasteiger partial charge is 0.107 e. The first-order valence-electron chi connectivity index (χ1n) is 7.94. The van der Waals surface area contributed by atoms with Crippen molar-refractivity contribution >= 4 is 34.7 Å². The summed E-state index contributed by atoms with van der Waals surface area (Å²) in [4.78, 5) is 1.69. The minimum atomic E-state index is 0.496. The number of rotatable bonds is 5. The summed E-state index contributed by atoms with van der Waals surface area (Å²) in [5.41, 5.74) is 8.12. The van der Waals surface area contributed by atoms with E-state index in [0.717, 1.165) is 22.9 Å². The highest BCUT2D eigenvalue weighted by Crippen LogP contribution is 2.31. The Bertz CT molecular complexity index is 488. The highest BCUT2D eigenvalue weighted by Gasteiger charge is 2.18. The predicted molar refractivity (Wildman–Crippen MR) is 98.4 cm³/mol. The summed E-state index contributed by atoms with van der Waals surface area (Å²) < 4.78 is 0. The van der Waals surface area contributed by atoms with Crippen molar-refractivity contribution in [3.05, 3.63) is 23.8 Å². The fourth-order valence-corrected chi connectivity index (χ4v) is 4.17. The summed E-state index contributed by atoms with van der Waals surface area (Å²) in [7, 11) is 0. The van der Waals surface area contributed by atoms with Crippen LogP contribution < -0.4 is 11.1 Å². The Morgan fingerprint density at radius 3 is 2.86 bits per heavy atom. The van der Waals surface area contributed by atoms with Gasteiger partial charge in [0.1, 0.15) is 4.99 Å². The molecule has 1 fully saturated rings. The van der Waals surface area contributed by atoms with Crippen molar-refractivity contribution in [1.29, 1.82) is 0 Å². The largest absolute Gasteiger partial charge is 0.389 e. The molecule has 0 heterocycles. The van der Waals surface area contributed by atoms with Gasteiger partial charge in [0.2, 0.25) is 0 Å². The van der Waals surface area contributed by atoms with E-state index < -0.39 is 0 Å². The molecule has 0 saturated heterocycles. The van der Waals surface area contributed by atoms with Gasteiger partial charge in [0.15, 0.2) is 0 Å². The molecule has 1 aromatic carbocycles. The zero-order valence-electron chi connectivity index (χ0n) is 13.0. The van der Waals surface area contributed by atoms with Gasteiger partial charge in [0.05, 0.1) is 0 Å². The van der Waals surface area contributed by atoms with Gasteiger partial charge in [-0.25, -0.2) is 0 Å². The Hall–Kier alpha value is -0.740. The lowest BCUT2D eigenvalue weighted by Crippen LogP contribution is -2.22. The molecule has 3 N–H and O–H groups in total. The molecule has 0 spiro atoms. The Labute approximate surface area is 138 Å². The first-order chi connectivity index (χ1) is 10.1. The number of anilines is 1. The van der Waals surface area contributed by atoms with E-state index >= 15 is 0 Å². The van der Waals surface area contributed by atoms with Gasteiger partial charge >= 0.3 is 0 Å². The molecule has 0 radical (unpaired) electrons. The standard InChI is InChI=1S/C17H26N2S2/c1-3-21-15-9-5-8-14(16(15)17(18)20)19-13-7-4-6-12(2)10-11-13/h5,8-9,12-13,19H,3-4,6-7,10-11H2,1-2H3,(H2,18,20). The minimum Gasteiger partial charge on any atom is -0.389 e. The van der Waals surface area contributed by atoms with Gasteiger partial charge in [0.25, 0.3) is 0 Å². The molecule has 21 heavy (non-hydrogen) atoms. The van der Waals surface area contributed by atoms with Crippen molar-refractivity contribution in [2.24, 2.45) is 11.7 Å². The molecule has 2 unspecified atom stereocenters. The lowest BCUT2D eigenvalue weighted by Gasteiger charge is -2.21. The van der Waals surface area contributed by atoms with Crippen molar-refractivity contribution in [2.45, 2.75) is 56.9 Å². The van der Waals surface area contributed by atoms with Gasteiger partial charge in [-0.3, -0.25) is 0 Å². The van der Waals surface area contributed by atoms with Crippen LogP contribution >= 0.6 is 24.0 Å². The van der Waals surface area contributed by atoms with Crippen LogP contribution in [0.4, 0.5) is 5.69 Å².